The van der Waals surface area contributed by atoms with Crippen molar-refractivity contribution >= 4 is 9.84 Å². The molecule has 0 saturated carbocycles. The molecule has 2 N–H and O–H groups in total. The fourth-order valence-corrected chi connectivity index (χ4v) is 4.44. The summed E-state index contributed by atoms with van der Waals surface area (Å²) in [5.41, 5.74) is 8.17. The molecule has 0 amide bonds. The number of rotatable bonds is 3. The Morgan fingerprint density at radius 1 is 1.29 bits per heavy atom. The number of aromatic nitrogens is 1. The zero-order valence-corrected chi connectivity index (χ0v) is 12.9. The highest BCUT2D eigenvalue weighted by Crippen LogP contribution is 2.33. The molecule has 1 atom stereocenters. The molecule has 0 spiro atoms. The summed E-state index contributed by atoms with van der Waals surface area (Å²) < 4.78 is 27.0. The van der Waals surface area contributed by atoms with E-state index in [9.17, 15) is 8.42 Å². The Bertz CT molecular complexity index is 762. The summed E-state index contributed by atoms with van der Waals surface area (Å²) in [6.07, 6.45) is 6.48. The fraction of sp³-hybridized carbons (Fsp3) is 0.375. The Kier molecular flexibility index (Phi) is 3.63. The molecule has 0 saturated heterocycles. The summed E-state index contributed by atoms with van der Waals surface area (Å²) in [4.78, 5) is 0.723. The van der Waals surface area contributed by atoms with Crippen LogP contribution in [0.5, 0.6) is 0 Å². The molecule has 0 fully saturated rings. The van der Waals surface area contributed by atoms with E-state index in [1.165, 1.54) is 5.56 Å². The molecule has 112 valence electrons. The van der Waals surface area contributed by atoms with Gasteiger partial charge < -0.3 is 10.3 Å². The van der Waals surface area contributed by atoms with Gasteiger partial charge in [-0.1, -0.05) is 6.07 Å². The molecule has 5 heteroatoms. The van der Waals surface area contributed by atoms with E-state index < -0.39 is 9.84 Å². The van der Waals surface area contributed by atoms with Gasteiger partial charge in [0.05, 0.1) is 9.79 Å². The Morgan fingerprint density at radius 3 is 2.76 bits per heavy atom. The van der Waals surface area contributed by atoms with E-state index in [2.05, 4.69) is 0 Å². The van der Waals surface area contributed by atoms with Gasteiger partial charge in [-0.2, -0.15) is 0 Å². The summed E-state index contributed by atoms with van der Waals surface area (Å²) in [6, 6.07) is 7.13. The molecule has 21 heavy (non-hydrogen) atoms. The topological polar surface area (TPSA) is 65.1 Å². The Hall–Kier alpha value is -1.59. The van der Waals surface area contributed by atoms with Gasteiger partial charge in [0.15, 0.2) is 0 Å². The molecule has 0 radical (unpaired) electrons. The van der Waals surface area contributed by atoms with E-state index in [1.807, 2.05) is 19.2 Å². The second kappa shape index (κ2) is 5.31. The summed E-state index contributed by atoms with van der Waals surface area (Å²) in [5, 5.41) is 0. The van der Waals surface area contributed by atoms with Crippen molar-refractivity contribution in [2.24, 2.45) is 12.8 Å². The van der Waals surface area contributed by atoms with E-state index in [4.69, 9.17) is 5.73 Å². The number of benzene rings is 1. The van der Waals surface area contributed by atoms with Crippen LogP contribution in [0.15, 0.2) is 46.5 Å². The van der Waals surface area contributed by atoms with Crippen LogP contribution in [-0.4, -0.2) is 19.5 Å². The van der Waals surface area contributed by atoms with Gasteiger partial charge in [0.1, 0.15) is 0 Å². The van der Waals surface area contributed by atoms with E-state index in [0.29, 0.717) is 22.3 Å². The molecule has 1 heterocycles. The predicted octanol–water partition coefficient (Wildman–Crippen LogP) is 2.24. The van der Waals surface area contributed by atoms with Crippen LogP contribution in [-0.2, 0) is 23.3 Å². The summed E-state index contributed by atoms with van der Waals surface area (Å²) in [7, 11) is -1.61. The first-order valence-corrected chi connectivity index (χ1v) is 8.70. The van der Waals surface area contributed by atoms with Gasteiger partial charge in [0.25, 0.3) is 0 Å². The molecule has 1 aliphatic carbocycles. The minimum Gasteiger partial charge on any atom is -0.356 e. The number of nitrogens with zero attached hydrogens (tertiary/aromatic N) is 1. The Labute approximate surface area is 125 Å². The Balaban J connectivity index is 2.04. The van der Waals surface area contributed by atoms with Gasteiger partial charge in [-0.05, 0) is 61.1 Å². The molecule has 3 rings (SSSR count). The van der Waals surface area contributed by atoms with Gasteiger partial charge in [-0.15, -0.1) is 0 Å². The zero-order chi connectivity index (χ0) is 15.0. The highest BCUT2D eigenvalue weighted by molar-refractivity contribution is 7.91. The number of sulfone groups is 1. The molecule has 1 aliphatic rings. The lowest BCUT2D eigenvalue weighted by molar-refractivity contribution is 0.558. The quantitative estimate of drug-likeness (QED) is 0.945. The van der Waals surface area contributed by atoms with E-state index >= 15 is 0 Å². The maximum atomic E-state index is 12.6. The van der Waals surface area contributed by atoms with Crippen molar-refractivity contribution in [1.82, 2.24) is 4.57 Å². The zero-order valence-electron chi connectivity index (χ0n) is 12.1. The van der Waals surface area contributed by atoms with Crippen molar-refractivity contribution in [2.45, 2.75) is 35.0 Å². The molecular formula is C16H20N2O2S. The van der Waals surface area contributed by atoms with Crippen LogP contribution in [0.4, 0.5) is 0 Å². The number of fused-ring (bicyclic) bond motifs is 1. The molecule has 2 aromatic rings. The maximum absolute atomic E-state index is 12.6. The van der Waals surface area contributed by atoms with Crippen LogP contribution in [0, 0.1) is 0 Å². The van der Waals surface area contributed by atoms with Gasteiger partial charge in [0.2, 0.25) is 9.84 Å². The highest BCUT2D eigenvalue weighted by Gasteiger charge is 2.23. The van der Waals surface area contributed by atoms with Crippen LogP contribution in [0.25, 0.3) is 0 Å². The second-order valence-corrected chi connectivity index (χ2v) is 7.65. The minimum absolute atomic E-state index is 0.344. The first-order valence-electron chi connectivity index (χ1n) is 7.22. The second-order valence-electron chi connectivity index (χ2n) is 5.70. The fourth-order valence-electron chi connectivity index (χ4n) is 3.08. The Morgan fingerprint density at radius 2 is 2.10 bits per heavy atom. The van der Waals surface area contributed by atoms with E-state index in [0.717, 1.165) is 24.8 Å². The molecule has 0 aliphatic heterocycles. The average Bonchev–Trinajstić information content (AvgIpc) is 2.93. The van der Waals surface area contributed by atoms with Crippen molar-refractivity contribution < 1.29 is 8.42 Å². The van der Waals surface area contributed by atoms with Crippen LogP contribution in [0.3, 0.4) is 0 Å². The first-order chi connectivity index (χ1) is 10.0. The lowest BCUT2D eigenvalue weighted by atomic mass is 9.83. The van der Waals surface area contributed by atoms with Gasteiger partial charge >= 0.3 is 0 Å². The lowest BCUT2D eigenvalue weighted by Gasteiger charge is -2.24. The van der Waals surface area contributed by atoms with Gasteiger partial charge in [-0.25, -0.2) is 8.42 Å². The molecule has 1 aromatic carbocycles. The smallest absolute Gasteiger partial charge is 0.208 e. The first kappa shape index (κ1) is 14.4. The largest absolute Gasteiger partial charge is 0.356 e. The third-order valence-corrected chi connectivity index (χ3v) is 6.00. The molecule has 4 nitrogen and oxygen atoms in total. The summed E-state index contributed by atoms with van der Waals surface area (Å²) in [5.74, 6) is 0.363. The summed E-state index contributed by atoms with van der Waals surface area (Å²) >= 11 is 0. The van der Waals surface area contributed by atoms with Crippen molar-refractivity contribution in [1.29, 1.82) is 0 Å². The standard InChI is InChI=1S/C16H20N2O2S/c1-18-8-7-15(11-18)21(19,20)14-5-6-16-12(9-14)3-2-4-13(16)10-17/h5-9,11,13H,2-4,10,17H2,1H3/t13-/m0/s1. The monoisotopic (exact) mass is 304 g/mol. The minimum atomic E-state index is -3.43. The van der Waals surface area contributed by atoms with Crippen molar-refractivity contribution in [2.75, 3.05) is 6.54 Å². The lowest BCUT2D eigenvalue weighted by Crippen LogP contribution is -2.18. The molecule has 0 bridgehead atoms. The van der Waals surface area contributed by atoms with Gasteiger partial charge in [0, 0.05) is 19.4 Å². The van der Waals surface area contributed by atoms with Crippen LogP contribution in [0.2, 0.25) is 0 Å². The van der Waals surface area contributed by atoms with Crippen LogP contribution >= 0.6 is 0 Å². The third-order valence-electron chi connectivity index (χ3n) is 4.26. The van der Waals surface area contributed by atoms with E-state index in [-0.39, 0.29) is 0 Å². The number of aryl methyl sites for hydroxylation is 2. The van der Waals surface area contributed by atoms with Crippen molar-refractivity contribution in [3.8, 4) is 0 Å². The number of nitrogens with two attached hydrogens (primary N) is 1. The van der Waals surface area contributed by atoms with Gasteiger partial charge in [-0.3, -0.25) is 0 Å². The van der Waals surface area contributed by atoms with E-state index in [1.54, 1.807) is 29.1 Å². The molecule has 1 aromatic heterocycles. The van der Waals surface area contributed by atoms with Crippen molar-refractivity contribution in [3.63, 3.8) is 0 Å². The van der Waals surface area contributed by atoms with Crippen LogP contribution in [0.1, 0.15) is 29.9 Å². The number of hydrogen-bond donors (Lipinski definition) is 1. The van der Waals surface area contributed by atoms with Crippen molar-refractivity contribution in [3.05, 3.63) is 47.8 Å². The highest BCUT2D eigenvalue weighted by atomic mass is 32.2. The third kappa shape index (κ3) is 2.51. The average molecular weight is 304 g/mol. The maximum Gasteiger partial charge on any atom is 0.208 e. The predicted molar refractivity (Wildman–Crippen MR) is 82.0 cm³/mol. The number of hydrogen-bond acceptors (Lipinski definition) is 3. The normalized spacial score (nSPS) is 18.5. The SMILES string of the molecule is Cn1ccc(S(=O)(=O)c2ccc3c(c2)CCC[C@H]3CN)c1. The molecular weight excluding hydrogens is 284 g/mol. The van der Waals surface area contributed by atoms with Crippen LogP contribution < -0.4 is 5.73 Å². The summed E-state index contributed by atoms with van der Waals surface area (Å²) in [6.45, 7) is 0.623. The molecule has 0 unspecified atom stereocenters.